The molecule has 1 N–H and O–H groups in total. The Hall–Kier alpha value is -1.45. The molecule has 0 bridgehead atoms. The molecule has 0 fully saturated rings. The average Bonchev–Trinajstić information content (AvgIpc) is 1.99. The molecule has 0 aliphatic carbocycles. The predicted molar refractivity (Wildman–Crippen MR) is 48.6 cm³/mol. The number of rotatable bonds is 3. The number of carbonyl (C=O) groups excluding carboxylic acids is 1. The first-order valence-electron chi connectivity index (χ1n) is 4.14. The van der Waals surface area contributed by atoms with Gasteiger partial charge in [0.2, 0.25) is 0 Å². The maximum atomic E-state index is 10.9. The van der Waals surface area contributed by atoms with E-state index in [1.165, 1.54) is 6.92 Å². The minimum absolute atomic E-state index is 0.111. The zero-order valence-electron chi connectivity index (χ0n) is 7.76. The largest absolute Gasteiger partial charge is 0.345 e. The van der Waals surface area contributed by atoms with Crippen LogP contribution in [0.1, 0.15) is 24.7 Å². The Kier molecular flexibility index (Phi) is 2.95. The fraction of sp³-hybridized carbons (Fsp3) is 0.444. The number of hydrogen-bond donors (Lipinski definition) is 1. The lowest BCUT2D eigenvalue weighted by atomic mass is 10.2. The first-order valence-corrected chi connectivity index (χ1v) is 4.14. The summed E-state index contributed by atoms with van der Waals surface area (Å²) < 4.78 is 0. The number of aromatic amines is 1. The van der Waals surface area contributed by atoms with Gasteiger partial charge in [-0.3, -0.25) is 0 Å². The average molecular weight is 180 g/mol. The summed E-state index contributed by atoms with van der Waals surface area (Å²) in [7, 11) is 0. The van der Waals surface area contributed by atoms with Gasteiger partial charge in [0.05, 0.1) is 0 Å². The molecule has 4 nitrogen and oxygen atoms in total. The number of nitrogens with zero attached hydrogens (tertiary/aromatic N) is 1. The fourth-order valence-corrected chi connectivity index (χ4v) is 1.08. The summed E-state index contributed by atoms with van der Waals surface area (Å²) in [6.45, 7) is 3.32. The first-order chi connectivity index (χ1) is 6.08. The van der Waals surface area contributed by atoms with Crippen molar-refractivity contribution in [1.29, 1.82) is 0 Å². The molecule has 4 heteroatoms. The number of hydrogen-bond acceptors (Lipinski definition) is 3. The van der Waals surface area contributed by atoms with Gasteiger partial charge in [-0.25, -0.2) is 4.79 Å². The van der Waals surface area contributed by atoms with Crippen molar-refractivity contribution in [3.63, 3.8) is 0 Å². The number of carbonyl (C=O) groups is 1. The standard InChI is InChI=1S/C9H12N2O2/c1-6-5-8(4-3-7(2)12)11-9(13)10-6/h5H,3-4H2,1-2H3,(H,10,11,13). The summed E-state index contributed by atoms with van der Waals surface area (Å²) >= 11 is 0. The molecule has 0 amide bonds. The van der Waals surface area contributed by atoms with Crippen molar-refractivity contribution in [3.05, 3.63) is 27.9 Å². The van der Waals surface area contributed by atoms with Crippen LogP contribution in [0.5, 0.6) is 0 Å². The number of nitrogens with one attached hydrogen (secondary N) is 1. The molecule has 0 saturated carbocycles. The van der Waals surface area contributed by atoms with Crippen molar-refractivity contribution >= 4 is 5.78 Å². The Labute approximate surface area is 76.0 Å². The summed E-state index contributed by atoms with van der Waals surface area (Å²) in [5, 5.41) is 0. The molecular weight excluding hydrogens is 168 g/mol. The van der Waals surface area contributed by atoms with Crippen LogP contribution in [0.15, 0.2) is 10.9 Å². The monoisotopic (exact) mass is 180 g/mol. The van der Waals surface area contributed by atoms with Crippen molar-refractivity contribution in [2.24, 2.45) is 0 Å². The van der Waals surface area contributed by atoms with Gasteiger partial charge in [0.1, 0.15) is 5.78 Å². The van der Waals surface area contributed by atoms with Crippen molar-refractivity contribution < 1.29 is 4.79 Å². The van der Waals surface area contributed by atoms with Crippen molar-refractivity contribution in [1.82, 2.24) is 9.97 Å². The Morgan fingerprint density at radius 1 is 1.62 bits per heavy atom. The van der Waals surface area contributed by atoms with Crippen LogP contribution < -0.4 is 5.69 Å². The highest BCUT2D eigenvalue weighted by Crippen LogP contribution is 1.98. The van der Waals surface area contributed by atoms with Gasteiger partial charge in [-0.05, 0) is 26.3 Å². The third-order valence-electron chi connectivity index (χ3n) is 1.67. The van der Waals surface area contributed by atoms with Crippen molar-refractivity contribution in [2.75, 3.05) is 0 Å². The molecule has 0 aromatic carbocycles. The highest BCUT2D eigenvalue weighted by Gasteiger charge is 1.99. The SMILES string of the molecule is CC(=O)CCc1cc(C)[nH]c(=O)n1. The highest BCUT2D eigenvalue weighted by atomic mass is 16.1. The van der Waals surface area contributed by atoms with Gasteiger partial charge in [0, 0.05) is 17.8 Å². The second kappa shape index (κ2) is 3.98. The van der Waals surface area contributed by atoms with Gasteiger partial charge in [-0.2, -0.15) is 4.98 Å². The topological polar surface area (TPSA) is 62.8 Å². The van der Waals surface area contributed by atoms with Gasteiger partial charge >= 0.3 is 5.69 Å². The number of H-pyrrole nitrogens is 1. The number of aromatic nitrogens is 2. The van der Waals surface area contributed by atoms with Crippen LogP contribution in [0, 0.1) is 6.92 Å². The lowest BCUT2D eigenvalue weighted by Gasteiger charge is -1.98. The summed E-state index contributed by atoms with van der Waals surface area (Å²) in [6, 6.07) is 1.78. The molecule has 13 heavy (non-hydrogen) atoms. The van der Waals surface area contributed by atoms with Crippen LogP contribution in [-0.4, -0.2) is 15.8 Å². The fourth-order valence-electron chi connectivity index (χ4n) is 1.08. The molecule has 0 spiro atoms. The van der Waals surface area contributed by atoms with Gasteiger partial charge in [-0.15, -0.1) is 0 Å². The predicted octanol–water partition coefficient (Wildman–Crippen LogP) is 0.600. The van der Waals surface area contributed by atoms with E-state index in [1.807, 2.05) is 0 Å². The summed E-state index contributed by atoms with van der Waals surface area (Å²) in [5.74, 6) is 0.111. The van der Waals surface area contributed by atoms with E-state index in [0.717, 1.165) is 5.69 Å². The second-order valence-corrected chi connectivity index (χ2v) is 3.06. The Bertz CT molecular complexity index is 368. The van der Waals surface area contributed by atoms with Crippen LogP contribution in [0.3, 0.4) is 0 Å². The highest BCUT2D eigenvalue weighted by molar-refractivity contribution is 5.75. The lowest BCUT2D eigenvalue weighted by molar-refractivity contribution is -0.116. The van der Waals surface area contributed by atoms with Gasteiger partial charge in [0.15, 0.2) is 0 Å². The van der Waals surface area contributed by atoms with Crippen LogP contribution in [0.2, 0.25) is 0 Å². The Balaban J connectivity index is 2.77. The summed E-state index contributed by atoms with van der Waals surface area (Å²) in [4.78, 5) is 27.9. The molecule has 1 heterocycles. The van der Waals surface area contributed by atoms with E-state index < -0.39 is 0 Å². The minimum Gasteiger partial charge on any atom is -0.310 e. The third kappa shape index (κ3) is 3.19. The number of Topliss-reactive ketones (excluding diaryl/α,β-unsaturated/α-hetero) is 1. The molecular formula is C9H12N2O2. The van der Waals surface area contributed by atoms with Crippen LogP contribution in [-0.2, 0) is 11.2 Å². The Morgan fingerprint density at radius 2 is 2.31 bits per heavy atom. The normalized spacial score (nSPS) is 10.0. The zero-order valence-corrected chi connectivity index (χ0v) is 7.76. The molecule has 0 saturated heterocycles. The van der Waals surface area contributed by atoms with E-state index in [1.54, 1.807) is 13.0 Å². The molecule has 0 unspecified atom stereocenters. The van der Waals surface area contributed by atoms with E-state index in [-0.39, 0.29) is 11.5 Å². The second-order valence-electron chi connectivity index (χ2n) is 3.06. The zero-order chi connectivity index (χ0) is 9.84. The molecule has 0 radical (unpaired) electrons. The first kappa shape index (κ1) is 9.64. The lowest BCUT2D eigenvalue weighted by Crippen LogP contribution is -2.14. The van der Waals surface area contributed by atoms with Crippen LogP contribution in [0.25, 0.3) is 0 Å². The van der Waals surface area contributed by atoms with Gasteiger partial charge < -0.3 is 9.78 Å². The van der Waals surface area contributed by atoms with E-state index in [4.69, 9.17) is 0 Å². The molecule has 1 rings (SSSR count). The van der Waals surface area contributed by atoms with E-state index in [9.17, 15) is 9.59 Å². The summed E-state index contributed by atoms with van der Waals surface area (Å²) in [5.41, 5.74) is 1.11. The third-order valence-corrected chi connectivity index (χ3v) is 1.67. The van der Waals surface area contributed by atoms with E-state index >= 15 is 0 Å². The quantitative estimate of drug-likeness (QED) is 0.740. The van der Waals surface area contributed by atoms with Crippen LogP contribution >= 0.6 is 0 Å². The molecule has 1 aromatic heterocycles. The molecule has 70 valence electrons. The molecule has 0 aliphatic rings. The van der Waals surface area contributed by atoms with Gasteiger partial charge in [0.25, 0.3) is 0 Å². The van der Waals surface area contributed by atoms with E-state index in [2.05, 4.69) is 9.97 Å². The molecule has 0 atom stereocenters. The molecule has 1 aromatic rings. The summed E-state index contributed by atoms with van der Waals surface area (Å²) in [6.07, 6.45) is 0.982. The molecule has 0 aliphatic heterocycles. The Morgan fingerprint density at radius 3 is 2.85 bits per heavy atom. The van der Waals surface area contributed by atoms with Crippen molar-refractivity contribution in [2.45, 2.75) is 26.7 Å². The van der Waals surface area contributed by atoms with Gasteiger partial charge in [-0.1, -0.05) is 0 Å². The number of aryl methyl sites for hydroxylation is 2. The van der Waals surface area contributed by atoms with E-state index in [0.29, 0.717) is 18.5 Å². The van der Waals surface area contributed by atoms with Crippen molar-refractivity contribution in [3.8, 4) is 0 Å². The minimum atomic E-state index is -0.349. The smallest absolute Gasteiger partial charge is 0.310 e. The van der Waals surface area contributed by atoms with Crippen LogP contribution in [0.4, 0.5) is 0 Å². The maximum absolute atomic E-state index is 10.9. The number of ketones is 1. The maximum Gasteiger partial charge on any atom is 0.345 e.